The number of hydrogen-bond acceptors (Lipinski definition) is 4. The van der Waals surface area contributed by atoms with E-state index in [0.29, 0.717) is 0 Å². The van der Waals surface area contributed by atoms with Crippen LogP contribution in [0.5, 0.6) is 0 Å². The molecule has 4 saturated heterocycles. The van der Waals surface area contributed by atoms with Gasteiger partial charge in [-0.3, -0.25) is 4.90 Å². The summed E-state index contributed by atoms with van der Waals surface area (Å²) in [7, 11) is 18.0. The van der Waals surface area contributed by atoms with Crippen LogP contribution in [0.1, 0.15) is 54.4 Å². The minimum atomic E-state index is 0. The van der Waals surface area contributed by atoms with Crippen molar-refractivity contribution in [3.8, 4) is 0 Å². The van der Waals surface area contributed by atoms with Crippen molar-refractivity contribution in [2.45, 2.75) is 54.4 Å². The summed E-state index contributed by atoms with van der Waals surface area (Å²) >= 11 is 0. The van der Waals surface area contributed by atoms with Gasteiger partial charge in [-0.25, -0.2) is 0 Å². The molecule has 0 aromatic carbocycles. The molecule has 0 N–H and O–H groups in total. The lowest BCUT2D eigenvalue weighted by atomic mass is 9.98. The van der Waals surface area contributed by atoms with Crippen molar-refractivity contribution in [2.24, 2.45) is 11.8 Å². The highest BCUT2D eigenvalue weighted by Crippen LogP contribution is 2.18. The Morgan fingerprint density at radius 1 is 0.417 bits per heavy atom. The van der Waals surface area contributed by atoms with E-state index in [9.17, 15) is 0 Å². The third kappa shape index (κ3) is 18.9. The topological polar surface area (TPSA) is 13.0 Å². The third-order valence-electron chi connectivity index (χ3n) is 8.36. The standard InChI is InChI=1S/C8H18N.C7H17N2.C7H15N.C6H14N2.2CH4/c2*1-8-4-6-9(2,3)7-5-8;2*1-7-3-5-8(2)6-4-7;;/h8H,4-7H2,1-3H3;4-7H2,1-3H3;7H,3-6H2,1-2H3;3-6H2,1-2H3;2*1H4/q2*+1;;;;. The van der Waals surface area contributed by atoms with Gasteiger partial charge in [-0.1, -0.05) is 28.7 Å². The lowest BCUT2D eigenvalue weighted by Gasteiger charge is -2.37. The van der Waals surface area contributed by atoms with E-state index in [-0.39, 0.29) is 14.9 Å². The van der Waals surface area contributed by atoms with E-state index in [0.717, 1.165) is 11.8 Å². The predicted octanol–water partition coefficient (Wildman–Crippen LogP) is 3.98. The normalized spacial score (nSPS) is 25.8. The van der Waals surface area contributed by atoms with Gasteiger partial charge in [0, 0.05) is 39.3 Å². The first-order valence-corrected chi connectivity index (χ1v) is 14.2. The molecule has 0 radical (unpaired) electrons. The first kappa shape index (κ1) is 37.9. The van der Waals surface area contributed by atoms with Crippen LogP contribution >= 0.6 is 0 Å². The Bertz CT molecular complexity index is 422. The van der Waals surface area contributed by atoms with Gasteiger partial charge in [-0.2, -0.15) is 0 Å². The molecular formula is C30H72N6+2. The van der Waals surface area contributed by atoms with E-state index in [1.54, 1.807) is 0 Å². The second kappa shape index (κ2) is 18.9. The summed E-state index contributed by atoms with van der Waals surface area (Å²) in [6, 6.07) is 0. The molecule has 220 valence electrons. The lowest BCUT2D eigenvalue weighted by Crippen LogP contribution is -2.53. The average Bonchev–Trinajstić information content (AvgIpc) is 2.78. The summed E-state index contributed by atoms with van der Waals surface area (Å²) < 4.78 is 2.44. The smallest absolute Gasteiger partial charge is 0.0912 e. The molecule has 6 nitrogen and oxygen atoms in total. The van der Waals surface area contributed by atoms with Crippen molar-refractivity contribution >= 4 is 0 Å². The first-order chi connectivity index (χ1) is 15.8. The number of piperidine rings is 2. The molecule has 4 rings (SSSR count). The van der Waals surface area contributed by atoms with Gasteiger partial charge in [0.2, 0.25) is 0 Å². The molecule has 0 bridgehead atoms. The molecule has 0 spiro atoms. The largest absolute Gasteiger partial charge is 0.328 e. The molecule has 0 aromatic rings. The number of piperazine rings is 2. The van der Waals surface area contributed by atoms with Gasteiger partial charge < -0.3 is 23.7 Å². The molecular weight excluding hydrogens is 444 g/mol. The van der Waals surface area contributed by atoms with Crippen LogP contribution in [0.2, 0.25) is 0 Å². The number of likely N-dealkylation sites (N-methyl/N-ethyl adjacent to an activating group) is 4. The monoisotopic (exact) mass is 517 g/mol. The molecule has 0 unspecified atom stereocenters. The lowest BCUT2D eigenvalue weighted by molar-refractivity contribution is -0.896. The van der Waals surface area contributed by atoms with Gasteiger partial charge >= 0.3 is 0 Å². The molecule has 0 aliphatic carbocycles. The predicted molar refractivity (Wildman–Crippen MR) is 164 cm³/mol. The Labute approximate surface area is 229 Å². The zero-order valence-corrected chi connectivity index (χ0v) is 25.2. The molecule has 4 aliphatic heterocycles. The molecule has 4 fully saturated rings. The summed E-state index contributed by atoms with van der Waals surface area (Å²) in [5.74, 6) is 1.96. The highest BCUT2D eigenvalue weighted by molar-refractivity contribution is 4.65. The van der Waals surface area contributed by atoms with Gasteiger partial charge in [0.25, 0.3) is 0 Å². The molecule has 0 saturated carbocycles. The molecule has 36 heavy (non-hydrogen) atoms. The Balaban J connectivity index is 0. The minimum absolute atomic E-state index is 0. The molecule has 0 amide bonds. The van der Waals surface area contributed by atoms with Crippen LogP contribution in [-0.2, 0) is 0 Å². The van der Waals surface area contributed by atoms with Crippen LogP contribution in [0, 0.1) is 11.8 Å². The number of hydrogen-bond donors (Lipinski definition) is 0. The molecule has 4 aliphatic rings. The molecule has 0 atom stereocenters. The van der Waals surface area contributed by atoms with Crippen molar-refractivity contribution in [3.63, 3.8) is 0 Å². The highest BCUT2D eigenvalue weighted by Gasteiger charge is 2.23. The van der Waals surface area contributed by atoms with Crippen LogP contribution in [0.25, 0.3) is 0 Å². The summed E-state index contributed by atoms with van der Waals surface area (Å²) in [6.45, 7) is 20.1. The zero-order chi connectivity index (χ0) is 25.8. The molecule has 0 aromatic heterocycles. The van der Waals surface area contributed by atoms with Crippen LogP contribution in [0.15, 0.2) is 0 Å². The van der Waals surface area contributed by atoms with E-state index >= 15 is 0 Å². The number of nitrogens with zero attached hydrogens (tertiary/aromatic N) is 6. The van der Waals surface area contributed by atoms with Gasteiger partial charge in [0.1, 0.15) is 0 Å². The summed E-state index contributed by atoms with van der Waals surface area (Å²) in [4.78, 5) is 9.52. The fraction of sp³-hybridized carbons (Fsp3) is 1.00. The summed E-state index contributed by atoms with van der Waals surface area (Å²) in [5.41, 5.74) is 0. The van der Waals surface area contributed by atoms with Crippen molar-refractivity contribution < 1.29 is 8.97 Å². The van der Waals surface area contributed by atoms with Crippen LogP contribution < -0.4 is 0 Å². The molecule has 6 heteroatoms. The van der Waals surface area contributed by atoms with E-state index in [2.05, 4.69) is 89.8 Å². The average molecular weight is 517 g/mol. The third-order valence-corrected chi connectivity index (χ3v) is 8.36. The zero-order valence-electron chi connectivity index (χ0n) is 25.2. The highest BCUT2D eigenvalue weighted by atomic mass is 15.4. The van der Waals surface area contributed by atoms with Crippen molar-refractivity contribution in [2.75, 3.05) is 135 Å². The van der Waals surface area contributed by atoms with Crippen LogP contribution in [0.4, 0.5) is 0 Å². The summed E-state index contributed by atoms with van der Waals surface area (Å²) in [6.07, 6.45) is 5.65. The number of quaternary nitrogens is 2. The Morgan fingerprint density at radius 3 is 1.00 bits per heavy atom. The fourth-order valence-corrected chi connectivity index (χ4v) is 4.55. The van der Waals surface area contributed by atoms with Gasteiger partial charge in [-0.05, 0) is 78.8 Å². The minimum Gasteiger partial charge on any atom is -0.328 e. The maximum absolute atomic E-state index is 2.40. The molecule has 4 heterocycles. The van der Waals surface area contributed by atoms with Crippen LogP contribution in [0.3, 0.4) is 0 Å². The van der Waals surface area contributed by atoms with Crippen molar-refractivity contribution in [1.29, 1.82) is 0 Å². The number of likely N-dealkylation sites (tertiary alicyclic amines) is 2. The fourth-order valence-electron chi connectivity index (χ4n) is 4.55. The SMILES string of the molecule is C.C.CC1CCN(C)CC1.CC1CC[N+](C)(C)CC1.CN1CCN(C)CC1.CN1CC[N+](C)(C)CC1. The van der Waals surface area contributed by atoms with Gasteiger partial charge in [0.05, 0.1) is 54.4 Å². The van der Waals surface area contributed by atoms with Crippen molar-refractivity contribution in [1.82, 2.24) is 19.6 Å². The second-order valence-corrected chi connectivity index (χ2v) is 13.3. The summed E-state index contributed by atoms with van der Waals surface area (Å²) in [5, 5.41) is 0. The maximum atomic E-state index is 2.40. The maximum Gasteiger partial charge on any atom is 0.0912 e. The Hall–Kier alpha value is -0.240. The Morgan fingerprint density at radius 2 is 0.694 bits per heavy atom. The second-order valence-electron chi connectivity index (χ2n) is 13.3. The van der Waals surface area contributed by atoms with Crippen LogP contribution in [-0.4, -0.2) is 163 Å². The number of rotatable bonds is 0. The van der Waals surface area contributed by atoms with Gasteiger partial charge in [0.15, 0.2) is 0 Å². The Kier molecular flexibility index (Phi) is 19.9. The van der Waals surface area contributed by atoms with E-state index in [1.807, 2.05) is 0 Å². The van der Waals surface area contributed by atoms with E-state index in [4.69, 9.17) is 0 Å². The first-order valence-electron chi connectivity index (χ1n) is 14.2. The van der Waals surface area contributed by atoms with E-state index < -0.39 is 0 Å². The van der Waals surface area contributed by atoms with Gasteiger partial charge in [-0.15, -0.1) is 0 Å². The quantitative estimate of drug-likeness (QED) is 0.452. The van der Waals surface area contributed by atoms with E-state index in [1.165, 1.54) is 113 Å². The van der Waals surface area contributed by atoms with Crippen molar-refractivity contribution in [3.05, 3.63) is 0 Å².